The van der Waals surface area contributed by atoms with Crippen molar-refractivity contribution in [2.75, 3.05) is 5.32 Å². The van der Waals surface area contributed by atoms with Crippen molar-refractivity contribution in [2.45, 2.75) is 39.7 Å². The Kier molecular flexibility index (Phi) is 3.11. The van der Waals surface area contributed by atoms with Crippen LogP contribution in [0.3, 0.4) is 0 Å². The Morgan fingerprint density at radius 1 is 1.17 bits per heavy atom. The summed E-state index contributed by atoms with van der Waals surface area (Å²) >= 11 is 0. The number of anilines is 1. The number of ketones is 1. The molecule has 5 nitrogen and oxygen atoms in total. The molecule has 2 atom stereocenters. The highest BCUT2D eigenvalue weighted by molar-refractivity contribution is 5.99. The van der Waals surface area contributed by atoms with Crippen LogP contribution in [0, 0.1) is 19.8 Å². The molecule has 0 unspecified atom stereocenters. The van der Waals surface area contributed by atoms with Crippen molar-refractivity contribution in [1.29, 1.82) is 0 Å². The molecule has 4 rings (SSSR count). The lowest BCUT2D eigenvalue weighted by Gasteiger charge is -2.34. The van der Waals surface area contributed by atoms with Crippen molar-refractivity contribution in [1.82, 2.24) is 14.8 Å². The first-order chi connectivity index (χ1) is 11.0. The number of fused-ring (bicyclic) bond motifs is 1. The number of hydrogen-bond acceptors (Lipinski definition) is 4. The van der Waals surface area contributed by atoms with E-state index in [9.17, 15) is 4.79 Å². The maximum Gasteiger partial charge on any atom is 0.226 e. The Labute approximate surface area is 135 Å². The maximum atomic E-state index is 12.7. The van der Waals surface area contributed by atoms with Crippen molar-refractivity contribution in [2.24, 2.45) is 5.92 Å². The van der Waals surface area contributed by atoms with Gasteiger partial charge in [-0.3, -0.25) is 4.79 Å². The van der Waals surface area contributed by atoms with Gasteiger partial charge in [0.05, 0.1) is 0 Å². The van der Waals surface area contributed by atoms with Gasteiger partial charge in [-0.15, -0.1) is 0 Å². The van der Waals surface area contributed by atoms with E-state index in [1.54, 1.807) is 0 Å². The van der Waals surface area contributed by atoms with E-state index in [4.69, 9.17) is 0 Å². The second-order valence-electron chi connectivity index (χ2n) is 6.69. The van der Waals surface area contributed by atoms with Gasteiger partial charge in [-0.25, -0.2) is 4.68 Å². The fourth-order valence-electron chi connectivity index (χ4n) is 3.57. The standard InChI is InChI=1S/C18H20N4O/c1-10-4-6-13(7-5-10)17-16-14(8-11(2)9-15(16)23)20-18-19-12(3)21-22(17)18/h4-7,11,17H,8-9H2,1-3H3,(H,19,20,21)/t11-,17-/m0/s1. The summed E-state index contributed by atoms with van der Waals surface area (Å²) in [4.78, 5) is 17.2. The molecule has 2 aliphatic rings. The lowest BCUT2D eigenvalue weighted by molar-refractivity contribution is -0.117. The zero-order valence-electron chi connectivity index (χ0n) is 13.6. The number of carbonyl (C=O) groups is 1. The summed E-state index contributed by atoms with van der Waals surface area (Å²) in [5.41, 5.74) is 4.15. The van der Waals surface area contributed by atoms with E-state index in [1.807, 2.05) is 11.6 Å². The number of benzene rings is 1. The molecule has 0 fully saturated rings. The van der Waals surface area contributed by atoms with Gasteiger partial charge in [0.2, 0.25) is 5.95 Å². The van der Waals surface area contributed by atoms with E-state index in [1.165, 1.54) is 5.56 Å². The highest BCUT2D eigenvalue weighted by Crippen LogP contribution is 2.41. The molecule has 1 aliphatic carbocycles. The van der Waals surface area contributed by atoms with Gasteiger partial charge < -0.3 is 5.32 Å². The van der Waals surface area contributed by atoms with E-state index in [-0.39, 0.29) is 11.8 Å². The monoisotopic (exact) mass is 308 g/mol. The third-order valence-electron chi connectivity index (χ3n) is 4.62. The molecule has 0 radical (unpaired) electrons. The molecule has 0 bridgehead atoms. The Morgan fingerprint density at radius 2 is 1.91 bits per heavy atom. The minimum absolute atomic E-state index is 0.178. The van der Waals surface area contributed by atoms with Gasteiger partial charge in [-0.05, 0) is 31.7 Å². The number of carbonyl (C=O) groups excluding carboxylic acids is 1. The van der Waals surface area contributed by atoms with Gasteiger partial charge >= 0.3 is 0 Å². The molecular weight excluding hydrogens is 288 g/mol. The van der Waals surface area contributed by atoms with Crippen molar-refractivity contribution in [3.63, 3.8) is 0 Å². The summed E-state index contributed by atoms with van der Waals surface area (Å²) in [6.07, 6.45) is 1.49. The SMILES string of the molecule is Cc1ccc([C@H]2C3=C(C[C@H](C)CC3=O)Nc3nc(C)nn32)cc1. The predicted molar refractivity (Wildman–Crippen MR) is 88.1 cm³/mol. The average Bonchev–Trinajstić information content (AvgIpc) is 2.85. The van der Waals surface area contributed by atoms with Crippen LogP contribution >= 0.6 is 0 Å². The number of rotatable bonds is 1. The van der Waals surface area contributed by atoms with Crippen molar-refractivity contribution in [3.05, 3.63) is 52.5 Å². The molecule has 5 heteroatoms. The maximum absolute atomic E-state index is 12.7. The number of aromatic nitrogens is 3. The molecule has 2 aromatic rings. The van der Waals surface area contributed by atoms with Crippen molar-refractivity contribution < 1.29 is 4.79 Å². The first-order valence-corrected chi connectivity index (χ1v) is 8.06. The second-order valence-corrected chi connectivity index (χ2v) is 6.69. The Hall–Kier alpha value is -2.43. The van der Waals surface area contributed by atoms with Crippen molar-refractivity contribution in [3.8, 4) is 0 Å². The number of nitrogens with zero attached hydrogens (tertiary/aromatic N) is 3. The third-order valence-corrected chi connectivity index (χ3v) is 4.62. The zero-order valence-corrected chi connectivity index (χ0v) is 13.6. The van der Waals surface area contributed by atoms with Crippen LogP contribution < -0.4 is 5.32 Å². The minimum Gasteiger partial charge on any atom is -0.328 e. The number of allylic oxidation sites excluding steroid dienone is 2. The fourth-order valence-corrected chi connectivity index (χ4v) is 3.57. The topological polar surface area (TPSA) is 59.8 Å². The Balaban J connectivity index is 1.91. The molecule has 0 saturated carbocycles. The molecule has 2 heterocycles. The van der Waals surface area contributed by atoms with Crippen LogP contribution in [0.4, 0.5) is 5.95 Å². The number of hydrogen-bond donors (Lipinski definition) is 1. The molecule has 0 spiro atoms. The van der Waals surface area contributed by atoms with E-state index in [0.29, 0.717) is 18.2 Å². The number of aryl methyl sites for hydroxylation is 2. The van der Waals surface area contributed by atoms with E-state index >= 15 is 0 Å². The number of Topliss-reactive ketones (excluding diaryl/α,β-unsaturated/α-hetero) is 1. The van der Waals surface area contributed by atoms with Gasteiger partial charge in [0.15, 0.2) is 5.78 Å². The van der Waals surface area contributed by atoms with Crippen LogP contribution in [0.1, 0.15) is 42.8 Å². The highest BCUT2D eigenvalue weighted by atomic mass is 16.1. The molecule has 1 aromatic carbocycles. The first-order valence-electron chi connectivity index (χ1n) is 8.06. The van der Waals surface area contributed by atoms with Gasteiger partial charge in [-0.1, -0.05) is 36.8 Å². The van der Waals surface area contributed by atoms with Crippen LogP contribution in [0.25, 0.3) is 0 Å². The molecular formula is C18H20N4O. The summed E-state index contributed by atoms with van der Waals surface area (Å²) < 4.78 is 1.85. The van der Waals surface area contributed by atoms with E-state index in [2.05, 4.69) is 53.5 Å². The van der Waals surface area contributed by atoms with Gasteiger partial charge in [-0.2, -0.15) is 10.1 Å². The Morgan fingerprint density at radius 3 is 2.65 bits per heavy atom. The van der Waals surface area contributed by atoms with Crippen LogP contribution in [-0.4, -0.2) is 20.5 Å². The van der Waals surface area contributed by atoms with E-state index in [0.717, 1.165) is 29.2 Å². The summed E-state index contributed by atoms with van der Waals surface area (Å²) in [7, 11) is 0. The summed E-state index contributed by atoms with van der Waals surface area (Å²) in [6, 6.07) is 8.15. The van der Waals surface area contributed by atoms with Crippen LogP contribution in [0.15, 0.2) is 35.5 Å². The summed E-state index contributed by atoms with van der Waals surface area (Å²) in [5, 5.41) is 7.87. The second kappa shape index (κ2) is 5.05. The summed E-state index contributed by atoms with van der Waals surface area (Å²) in [5.74, 6) is 2.03. The van der Waals surface area contributed by atoms with Crippen LogP contribution in [-0.2, 0) is 4.79 Å². The first kappa shape index (κ1) is 14.2. The zero-order chi connectivity index (χ0) is 16.1. The molecule has 118 valence electrons. The third kappa shape index (κ3) is 2.27. The van der Waals surface area contributed by atoms with Crippen LogP contribution in [0.5, 0.6) is 0 Å². The van der Waals surface area contributed by atoms with Gasteiger partial charge in [0.25, 0.3) is 0 Å². The smallest absolute Gasteiger partial charge is 0.226 e. The lowest BCUT2D eigenvalue weighted by Crippen LogP contribution is -2.33. The summed E-state index contributed by atoms with van der Waals surface area (Å²) in [6.45, 7) is 6.06. The molecule has 23 heavy (non-hydrogen) atoms. The van der Waals surface area contributed by atoms with E-state index < -0.39 is 0 Å². The minimum atomic E-state index is -0.178. The van der Waals surface area contributed by atoms with Gasteiger partial charge in [0.1, 0.15) is 11.9 Å². The molecule has 1 aromatic heterocycles. The van der Waals surface area contributed by atoms with Crippen molar-refractivity contribution >= 4 is 11.7 Å². The average molecular weight is 308 g/mol. The quantitative estimate of drug-likeness (QED) is 0.879. The number of nitrogens with one attached hydrogen (secondary N) is 1. The fraction of sp³-hybridized carbons (Fsp3) is 0.389. The predicted octanol–water partition coefficient (Wildman–Crippen LogP) is 3.16. The molecule has 1 N–H and O–H groups in total. The lowest BCUT2D eigenvalue weighted by atomic mass is 9.81. The van der Waals surface area contributed by atoms with Crippen LogP contribution in [0.2, 0.25) is 0 Å². The normalized spacial score (nSPS) is 23.3. The largest absolute Gasteiger partial charge is 0.328 e. The van der Waals surface area contributed by atoms with Gasteiger partial charge in [0, 0.05) is 17.7 Å². The molecule has 0 amide bonds. The molecule has 1 aliphatic heterocycles. The Bertz CT molecular complexity index is 816. The molecule has 0 saturated heterocycles. The highest BCUT2D eigenvalue weighted by Gasteiger charge is 2.38.